The summed E-state index contributed by atoms with van der Waals surface area (Å²) in [5.74, 6) is 0. The molecule has 1 nitrogen and oxygen atoms in total. The largest absolute Gasteiger partial charge is 0.328 e. The fourth-order valence-corrected chi connectivity index (χ4v) is 2.75. The highest BCUT2D eigenvalue weighted by atomic mass is 35.5. The molecule has 0 amide bonds. The quantitative estimate of drug-likeness (QED) is 0.825. The van der Waals surface area contributed by atoms with E-state index in [1.165, 1.54) is 10.5 Å². The molecule has 16 heavy (non-hydrogen) atoms. The molecule has 90 valence electrons. The molecule has 0 aliphatic rings. The molecule has 0 radical (unpaired) electrons. The van der Waals surface area contributed by atoms with E-state index in [9.17, 15) is 0 Å². The Labute approximate surface area is 108 Å². The van der Waals surface area contributed by atoms with Gasteiger partial charge < -0.3 is 5.73 Å². The predicted octanol–water partition coefficient (Wildman–Crippen LogP) is 4.12. The molecule has 1 atom stereocenters. The zero-order valence-electron chi connectivity index (χ0n) is 10.4. The summed E-state index contributed by atoms with van der Waals surface area (Å²) < 4.78 is 0.209. The second-order valence-electron chi connectivity index (χ2n) is 5.15. The van der Waals surface area contributed by atoms with Gasteiger partial charge in [-0.3, -0.25) is 0 Å². The summed E-state index contributed by atoms with van der Waals surface area (Å²) in [6, 6.07) is 6.23. The van der Waals surface area contributed by atoms with Crippen LogP contribution in [-0.2, 0) is 6.42 Å². The number of hydrogen-bond donors (Lipinski definition) is 1. The maximum Gasteiger partial charge on any atom is 0.0409 e. The van der Waals surface area contributed by atoms with Crippen molar-refractivity contribution in [3.05, 3.63) is 28.8 Å². The average Bonchev–Trinajstić information content (AvgIpc) is 2.06. The molecule has 2 N–H and O–H groups in total. The highest BCUT2D eigenvalue weighted by Crippen LogP contribution is 2.35. The van der Waals surface area contributed by atoms with Crippen molar-refractivity contribution in [1.82, 2.24) is 0 Å². The van der Waals surface area contributed by atoms with Crippen LogP contribution in [0.15, 0.2) is 23.1 Å². The van der Waals surface area contributed by atoms with Gasteiger partial charge in [-0.2, -0.15) is 0 Å². The minimum absolute atomic E-state index is 0.165. The molecule has 0 spiro atoms. The van der Waals surface area contributed by atoms with Gasteiger partial charge in [0.25, 0.3) is 0 Å². The van der Waals surface area contributed by atoms with Gasteiger partial charge in [0, 0.05) is 20.7 Å². The Balaban J connectivity index is 2.98. The molecule has 1 aromatic rings. The van der Waals surface area contributed by atoms with Gasteiger partial charge in [-0.25, -0.2) is 0 Å². The third-order valence-electron chi connectivity index (χ3n) is 1.98. The normalized spacial score (nSPS) is 13.9. The van der Waals surface area contributed by atoms with Gasteiger partial charge in [0.05, 0.1) is 0 Å². The molecule has 0 aliphatic carbocycles. The number of rotatable bonds is 3. The number of halogens is 1. The smallest absolute Gasteiger partial charge is 0.0409 e. The van der Waals surface area contributed by atoms with Gasteiger partial charge in [0.1, 0.15) is 0 Å². The van der Waals surface area contributed by atoms with E-state index >= 15 is 0 Å². The molecule has 1 unspecified atom stereocenters. The van der Waals surface area contributed by atoms with Crippen molar-refractivity contribution in [3.8, 4) is 0 Å². The van der Waals surface area contributed by atoms with Gasteiger partial charge in [0.2, 0.25) is 0 Å². The van der Waals surface area contributed by atoms with Crippen molar-refractivity contribution in [2.24, 2.45) is 5.73 Å². The van der Waals surface area contributed by atoms with Crippen LogP contribution in [-0.4, -0.2) is 10.8 Å². The van der Waals surface area contributed by atoms with Gasteiger partial charge in [0.15, 0.2) is 0 Å². The number of thioether (sulfide) groups is 1. The molecule has 0 fully saturated rings. The van der Waals surface area contributed by atoms with Gasteiger partial charge >= 0.3 is 0 Å². The third kappa shape index (κ3) is 4.77. The molecule has 0 saturated carbocycles. The minimum Gasteiger partial charge on any atom is -0.328 e. The van der Waals surface area contributed by atoms with E-state index in [0.717, 1.165) is 11.4 Å². The van der Waals surface area contributed by atoms with Crippen LogP contribution in [0, 0.1) is 0 Å². The van der Waals surface area contributed by atoms with Crippen LogP contribution in [0.1, 0.15) is 33.3 Å². The summed E-state index contributed by atoms with van der Waals surface area (Å²) in [5.41, 5.74) is 7.11. The maximum atomic E-state index is 6.02. The van der Waals surface area contributed by atoms with E-state index < -0.39 is 0 Å². The first-order valence-corrected chi connectivity index (χ1v) is 6.70. The zero-order chi connectivity index (χ0) is 12.3. The molecule has 0 heterocycles. The summed E-state index contributed by atoms with van der Waals surface area (Å²) in [6.45, 7) is 8.65. The monoisotopic (exact) mass is 257 g/mol. The molecule has 0 aromatic heterocycles. The van der Waals surface area contributed by atoms with Crippen LogP contribution < -0.4 is 5.73 Å². The summed E-state index contributed by atoms with van der Waals surface area (Å²) >= 11 is 7.89. The van der Waals surface area contributed by atoms with Crippen molar-refractivity contribution in [2.45, 2.75) is 49.8 Å². The molecule has 3 heteroatoms. The summed E-state index contributed by atoms with van der Waals surface area (Å²) in [7, 11) is 0. The minimum atomic E-state index is 0.165. The Morgan fingerprint density at radius 1 is 1.38 bits per heavy atom. The highest BCUT2D eigenvalue weighted by molar-refractivity contribution is 8.00. The van der Waals surface area contributed by atoms with Gasteiger partial charge in [-0.1, -0.05) is 32.4 Å². The van der Waals surface area contributed by atoms with Crippen molar-refractivity contribution in [2.75, 3.05) is 0 Å². The molecule has 0 bridgehead atoms. The standard InChI is InChI=1S/C13H20ClNS/c1-9(15)7-10-8-11(14)5-6-12(10)16-13(2,3)4/h5-6,8-9H,7,15H2,1-4H3. The van der Waals surface area contributed by atoms with Crippen LogP contribution in [0.3, 0.4) is 0 Å². The van der Waals surface area contributed by atoms with Crippen molar-refractivity contribution < 1.29 is 0 Å². The second-order valence-corrected chi connectivity index (χ2v) is 7.45. The maximum absolute atomic E-state index is 6.02. The first-order valence-electron chi connectivity index (χ1n) is 5.51. The SMILES string of the molecule is CC(N)Cc1cc(Cl)ccc1SC(C)(C)C. The number of nitrogens with two attached hydrogens (primary N) is 1. The predicted molar refractivity (Wildman–Crippen MR) is 74.4 cm³/mol. The Bertz CT molecular complexity index is 355. The zero-order valence-corrected chi connectivity index (χ0v) is 12.0. The Morgan fingerprint density at radius 3 is 2.50 bits per heavy atom. The van der Waals surface area contributed by atoms with Crippen molar-refractivity contribution in [1.29, 1.82) is 0 Å². The van der Waals surface area contributed by atoms with Crippen LogP contribution in [0.25, 0.3) is 0 Å². The molecular weight excluding hydrogens is 238 g/mol. The summed E-state index contributed by atoms with van der Waals surface area (Å²) in [5, 5.41) is 0.786. The van der Waals surface area contributed by atoms with Gasteiger partial charge in [-0.15, -0.1) is 11.8 Å². The van der Waals surface area contributed by atoms with Crippen molar-refractivity contribution >= 4 is 23.4 Å². The van der Waals surface area contributed by atoms with E-state index in [1.54, 1.807) is 0 Å². The second kappa shape index (κ2) is 5.44. The fourth-order valence-electron chi connectivity index (χ4n) is 1.48. The third-order valence-corrected chi connectivity index (χ3v) is 3.45. The van der Waals surface area contributed by atoms with Crippen LogP contribution in [0.4, 0.5) is 0 Å². The molecule has 0 saturated heterocycles. The number of hydrogen-bond acceptors (Lipinski definition) is 2. The van der Waals surface area contributed by atoms with E-state index in [4.69, 9.17) is 17.3 Å². The molecule has 1 aromatic carbocycles. The lowest BCUT2D eigenvalue weighted by Crippen LogP contribution is -2.18. The van der Waals surface area contributed by atoms with Crippen LogP contribution in [0.5, 0.6) is 0 Å². The van der Waals surface area contributed by atoms with E-state index in [-0.39, 0.29) is 10.8 Å². The average molecular weight is 258 g/mol. The lowest BCUT2D eigenvalue weighted by Gasteiger charge is -2.20. The molecule has 1 rings (SSSR count). The number of benzene rings is 1. The first kappa shape index (κ1) is 13.9. The summed E-state index contributed by atoms with van der Waals surface area (Å²) in [6.07, 6.45) is 0.874. The fraction of sp³-hybridized carbons (Fsp3) is 0.538. The molecule has 0 aliphatic heterocycles. The van der Waals surface area contributed by atoms with E-state index in [1.807, 2.05) is 30.8 Å². The lowest BCUT2D eigenvalue weighted by atomic mass is 10.1. The first-order chi connectivity index (χ1) is 7.28. The highest BCUT2D eigenvalue weighted by Gasteiger charge is 2.15. The van der Waals surface area contributed by atoms with E-state index in [2.05, 4.69) is 26.8 Å². The lowest BCUT2D eigenvalue weighted by molar-refractivity contribution is 0.727. The van der Waals surface area contributed by atoms with Crippen LogP contribution >= 0.6 is 23.4 Å². The Kier molecular flexibility index (Phi) is 4.72. The Hall–Kier alpha value is -0.180. The van der Waals surface area contributed by atoms with Crippen LogP contribution in [0.2, 0.25) is 5.02 Å². The summed E-state index contributed by atoms with van der Waals surface area (Å²) in [4.78, 5) is 1.29. The van der Waals surface area contributed by atoms with E-state index in [0.29, 0.717) is 0 Å². The molecular formula is C13H20ClNS. The topological polar surface area (TPSA) is 26.0 Å². The Morgan fingerprint density at radius 2 is 2.00 bits per heavy atom. The van der Waals surface area contributed by atoms with Gasteiger partial charge in [-0.05, 0) is 37.1 Å². The van der Waals surface area contributed by atoms with Crippen molar-refractivity contribution in [3.63, 3.8) is 0 Å².